The number of esters is 1. The molecule has 0 radical (unpaired) electrons. The molecular formula is C20H23N3O5. The zero-order valence-electron chi connectivity index (χ0n) is 16.1. The van der Waals surface area contributed by atoms with Crippen LogP contribution in [0.5, 0.6) is 0 Å². The SMILES string of the molecule is CCN(CC)c1ccc(C(=O)OCC(=O)Nc2ccc(C)c([N+](=O)[O-])c2)cc1. The summed E-state index contributed by atoms with van der Waals surface area (Å²) in [6.07, 6.45) is 0. The molecule has 0 aliphatic carbocycles. The van der Waals surface area contributed by atoms with Crippen molar-refractivity contribution in [3.63, 3.8) is 0 Å². The molecule has 8 nitrogen and oxygen atoms in total. The Morgan fingerprint density at radius 1 is 1.11 bits per heavy atom. The van der Waals surface area contributed by atoms with E-state index in [1.54, 1.807) is 25.1 Å². The number of ether oxygens (including phenoxy) is 1. The minimum absolute atomic E-state index is 0.0944. The summed E-state index contributed by atoms with van der Waals surface area (Å²) in [6.45, 7) is 6.94. The van der Waals surface area contributed by atoms with Gasteiger partial charge in [-0.1, -0.05) is 6.07 Å². The van der Waals surface area contributed by atoms with Crippen LogP contribution in [0, 0.1) is 17.0 Å². The van der Waals surface area contributed by atoms with Crippen LogP contribution in [0.2, 0.25) is 0 Å². The van der Waals surface area contributed by atoms with E-state index in [0.717, 1.165) is 18.8 Å². The average Bonchev–Trinajstić information content (AvgIpc) is 2.69. The van der Waals surface area contributed by atoms with Crippen LogP contribution >= 0.6 is 0 Å². The molecule has 2 aromatic carbocycles. The van der Waals surface area contributed by atoms with Gasteiger partial charge in [0.25, 0.3) is 11.6 Å². The van der Waals surface area contributed by atoms with Crippen LogP contribution in [0.3, 0.4) is 0 Å². The minimum atomic E-state index is -0.615. The number of amides is 1. The first-order valence-electron chi connectivity index (χ1n) is 8.92. The number of rotatable bonds is 8. The average molecular weight is 385 g/mol. The second-order valence-electron chi connectivity index (χ2n) is 6.10. The molecule has 2 aromatic rings. The van der Waals surface area contributed by atoms with E-state index in [9.17, 15) is 19.7 Å². The van der Waals surface area contributed by atoms with E-state index in [0.29, 0.717) is 11.1 Å². The fraction of sp³-hybridized carbons (Fsp3) is 0.300. The summed E-state index contributed by atoms with van der Waals surface area (Å²) in [5, 5.41) is 13.4. The quantitative estimate of drug-likeness (QED) is 0.424. The summed E-state index contributed by atoms with van der Waals surface area (Å²) in [7, 11) is 0. The highest BCUT2D eigenvalue weighted by Crippen LogP contribution is 2.22. The summed E-state index contributed by atoms with van der Waals surface area (Å²) in [4.78, 5) is 36.7. The van der Waals surface area contributed by atoms with Crippen molar-refractivity contribution in [2.24, 2.45) is 0 Å². The van der Waals surface area contributed by atoms with Crippen molar-refractivity contribution in [2.75, 3.05) is 29.9 Å². The van der Waals surface area contributed by atoms with Crippen LogP contribution in [-0.4, -0.2) is 36.5 Å². The van der Waals surface area contributed by atoms with Crippen LogP contribution in [0.1, 0.15) is 29.8 Å². The highest BCUT2D eigenvalue weighted by atomic mass is 16.6. The number of nitro benzene ring substituents is 1. The first-order chi connectivity index (χ1) is 13.3. The third-order valence-electron chi connectivity index (χ3n) is 4.26. The molecule has 0 unspecified atom stereocenters. The van der Waals surface area contributed by atoms with Gasteiger partial charge in [0.2, 0.25) is 0 Å². The summed E-state index contributed by atoms with van der Waals surface area (Å²) in [5.41, 5.74) is 2.00. The van der Waals surface area contributed by atoms with Crippen molar-refractivity contribution in [3.05, 3.63) is 63.7 Å². The van der Waals surface area contributed by atoms with E-state index in [1.165, 1.54) is 12.1 Å². The molecule has 148 valence electrons. The van der Waals surface area contributed by atoms with E-state index >= 15 is 0 Å². The molecule has 28 heavy (non-hydrogen) atoms. The molecule has 0 aliphatic rings. The van der Waals surface area contributed by atoms with Crippen LogP contribution in [0.25, 0.3) is 0 Å². The van der Waals surface area contributed by atoms with Crippen LogP contribution in [-0.2, 0) is 9.53 Å². The Hall–Kier alpha value is -3.42. The normalized spacial score (nSPS) is 10.2. The second-order valence-corrected chi connectivity index (χ2v) is 6.10. The maximum Gasteiger partial charge on any atom is 0.338 e. The van der Waals surface area contributed by atoms with Crippen LogP contribution in [0.4, 0.5) is 17.1 Å². The Balaban J connectivity index is 1.93. The molecule has 0 saturated carbocycles. The Morgan fingerprint density at radius 2 is 1.75 bits per heavy atom. The number of carbonyl (C=O) groups is 2. The van der Waals surface area contributed by atoms with Gasteiger partial charge in [0, 0.05) is 36.1 Å². The van der Waals surface area contributed by atoms with E-state index in [4.69, 9.17) is 4.74 Å². The van der Waals surface area contributed by atoms with Gasteiger partial charge in [0.1, 0.15) is 0 Å². The topological polar surface area (TPSA) is 102 Å². The number of carbonyl (C=O) groups excluding carboxylic acids is 2. The number of anilines is 2. The van der Waals surface area contributed by atoms with E-state index in [1.807, 2.05) is 26.0 Å². The molecule has 2 rings (SSSR count). The Bertz CT molecular complexity index is 861. The van der Waals surface area contributed by atoms with Gasteiger partial charge in [-0.15, -0.1) is 0 Å². The summed E-state index contributed by atoms with van der Waals surface area (Å²) < 4.78 is 5.02. The van der Waals surface area contributed by atoms with Gasteiger partial charge in [-0.2, -0.15) is 0 Å². The maximum absolute atomic E-state index is 12.1. The Kier molecular flexibility index (Phi) is 7.08. The molecule has 0 fully saturated rings. The molecule has 8 heteroatoms. The number of nitrogens with zero attached hydrogens (tertiary/aromatic N) is 2. The van der Waals surface area contributed by atoms with Crippen molar-refractivity contribution < 1.29 is 19.2 Å². The first-order valence-corrected chi connectivity index (χ1v) is 8.92. The fourth-order valence-electron chi connectivity index (χ4n) is 2.69. The lowest BCUT2D eigenvalue weighted by molar-refractivity contribution is -0.385. The van der Waals surface area contributed by atoms with Gasteiger partial charge in [0.05, 0.1) is 10.5 Å². The zero-order chi connectivity index (χ0) is 20.7. The summed E-state index contributed by atoms with van der Waals surface area (Å²) in [6, 6.07) is 11.3. The smallest absolute Gasteiger partial charge is 0.338 e. The molecule has 0 heterocycles. The van der Waals surface area contributed by atoms with Crippen molar-refractivity contribution in [3.8, 4) is 0 Å². The lowest BCUT2D eigenvalue weighted by atomic mass is 10.2. The van der Waals surface area contributed by atoms with Gasteiger partial charge >= 0.3 is 5.97 Å². The van der Waals surface area contributed by atoms with Crippen molar-refractivity contribution in [1.29, 1.82) is 0 Å². The number of nitro groups is 1. The largest absolute Gasteiger partial charge is 0.452 e. The fourth-order valence-corrected chi connectivity index (χ4v) is 2.69. The van der Waals surface area contributed by atoms with Crippen molar-refractivity contribution >= 4 is 28.9 Å². The van der Waals surface area contributed by atoms with Crippen molar-refractivity contribution in [1.82, 2.24) is 0 Å². The van der Waals surface area contributed by atoms with Gasteiger partial charge < -0.3 is 15.0 Å². The lowest BCUT2D eigenvalue weighted by Crippen LogP contribution is -2.22. The molecule has 0 saturated heterocycles. The molecular weight excluding hydrogens is 362 g/mol. The number of hydrogen-bond acceptors (Lipinski definition) is 6. The maximum atomic E-state index is 12.1. The number of aryl methyl sites for hydroxylation is 1. The van der Waals surface area contributed by atoms with E-state index in [-0.39, 0.29) is 11.4 Å². The van der Waals surface area contributed by atoms with Gasteiger partial charge in [-0.25, -0.2) is 4.79 Å². The minimum Gasteiger partial charge on any atom is -0.452 e. The van der Waals surface area contributed by atoms with Gasteiger partial charge in [0.15, 0.2) is 6.61 Å². The van der Waals surface area contributed by atoms with Crippen molar-refractivity contribution in [2.45, 2.75) is 20.8 Å². The molecule has 0 spiro atoms. The predicted molar refractivity (Wildman–Crippen MR) is 107 cm³/mol. The lowest BCUT2D eigenvalue weighted by Gasteiger charge is -2.20. The highest BCUT2D eigenvalue weighted by Gasteiger charge is 2.14. The third-order valence-corrected chi connectivity index (χ3v) is 4.26. The monoisotopic (exact) mass is 385 g/mol. The van der Waals surface area contributed by atoms with E-state index < -0.39 is 23.4 Å². The third kappa shape index (κ3) is 5.29. The Labute approximate surface area is 163 Å². The molecule has 0 aromatic heterocycles. The predicted octanol–water partition coefficient (Wildman–Crippen LogP) is 3.54. The van der Waals surface area contributed by atoms with E-state index in [2.05, 4.69) is 10.2 Å². The Morgan fingerprint density at radius 3 is 2.32 bits per heavy atom. The standard InChI is InChI=1S/C20H23N3O5/c1-4-22(5-2)17-10-7-15(8-11-17)20(25)28-13-19(24)21-16-9-6-14(3)18(12-16)23(26)27/h6-12H,4-5,13H2,1-3H3,(H,21,24). The number of nitrogens with one attached hydrogen (secondary N) is 1. The number of hydrogen-bond donors (Lipinski definition) is 1. The van der Waals surface area contributed by atoms with Gasteiger partial charge in [-0.05, 0) is 51.1 Å². The molecule has 1 N–H and O–H groups in total. The second kappa shape index (κ2) is 9.50. The van der Waals surface area contributed by atoms with Crippen LogP contribution < -0.4 is 10.2 Å². The van der Waals surface area contributed by atoms with Gasteiger partial charge in [-0.3, -0.25) is 14.9 Å². The first kappa shape index (κ1) is 20.9. The summed E-state index contributed by atoms with van der Waals surface area (Å²) >= 11 is 0. The number of benzene rings is 2. The molecule has 1 amide bonds. The highest BCUT2D eigenvalue weighted by molar-refractivity contribution is 5.95. The molecule has 0 atom stereocenters. The summed E-state index contributed by atoms with van der Waals surface area (Å²) in [5.74, 6) is -1.19. The zero-order valence-corrected chi connectivity index (χ0v) is 16.1. The van der Waals surface area contributed by atoms with Crippen LogP contribution in [0.15, 0.2) is 42.5 Å². The molecule has 0 aliphatic heterocycles. The molecule has 0 bridgehead atoms.